The topological polar surface area (TPSA) is 57.0 Å². The van der Waals surface area contributed by atoms with E-state index in [4.69, 9.17) is 16.3 Å². The minimum absolute atomic E-state index is 0.0338. The van der Waals surface area contributed by atoms with Crippen molar-refractivity contribution in [2.75, 3.05) is 6.61 Å². The van der Waals surface area contributed by atoms with E-state index in [1.165, 1.54) is 24.4 Å². The summed E-state index contributed by atoms with van der Waals surface area (Å²) in [5.74, 6) is -1.04. The fraction of sp³-hybridized carbons (Fsp3) is 0.182. The van der Waals surface area contributed by atoms with Crippen molar-refractivity contribution < 1.29 is 13.9 Å². The molecule has 0 aromatic carbocycles. The second kappa shape index (κ2) is 5.14. The van der Waals surface area contributed by atoms with Crippen LogP contribution in [0.15, 0.2) is 24.4 Å². The number of carbonyl (C=O) groups is 1. The molecule has 0 atom stereocenters. The average molecular weight is 270 g/mol. The van der Waals surface area contributed by atoms with Crippen LogP contribution in [0.1, 0.15) is 17.3 Å². The summed E-state index contributed by atoms with van der Waals surface area (Å²) in [6.45, 7) is 1.92. The number of hydrogen-bond donors (Lipinski definition) is 0. The van der Waals surface area contributed by atoms with E-state index >= 15 is 0 Å². The normalized spacial score (nSPS) is 10.4. The van der Waals surface area contributed by atoms with Crippen LogP contribution in [0.4, 0.5) is 4.39 Å². The standard InChI is InChI=1S/C11H9ClFN3O2/c1-2-18-11(17)7-6-14-16(10(7)12)9-5-3-4-8(13)15-9/h3-6H,2H2,1H3. The molecule has 0 radical (unpaired) electrons. The molecule has 18 heavy (non-hydrogen) atoms. The molecule has 2 aromatic heterocycles. The van der Waals surface area contributed by atoms with Crippen molar-refractivity contribution in [2.45, 2.75) is 6.92 Å². The van der Waals surface area contributed by atoms with Gasteiger partial charge in [0.25, 0.3) is 0 Å². The predicted octanol–water partition coefficient (Wildman–Crippen LogP) is 2.24. The Labute approximate surface area is 107 Å². The molecule has 2 rings (SSSR count). The van der Waals surface area contributed by atoms with Gasteiger partial charge in [-0.1, -0.05) is 17.7 Å². The van der Waals surface area contributed by atoms with E-state index < -0.39 is 11.9 Å². The first-order valence-electron chi connectivity index (χ1n) is 5.17. The van der Waals surface area contributed by atoms with E-state index in [9.17, 15) is 9.18 Å². The summed E-state index contributed by atoms with van der Waals surface area (Å²) in [5, 5.41) is 3.92. The molecule has 2 aromatic rings. The van der Waals surface area contributed by atoms with Crippen molar-refractivity contribution in [3.8, 4) is 5.82 Å². The highest BCUT2D eigenvalue weighted by Crippen LogP contribution is 2.19. The van der Waals surface area contributed by atoms with Crippen LogP contribution in [-0.2, 0) is 4.74 Å². The van der Waals surface area contributed by atoms with Gasteiger partial charge in [-0.15, -0.1) is 0 Å². The lowest BCUT2D eigenvalue weighted by Crippen LogP contribution is -2.05. The molecule has 0 aliphatic rings. The smallest absolute Gasteiger partial charge is 0.342 e. The summed E-state index contributed by atoms with van der Waals surface area (Å²) in [6.07, 6.45) is 1.26. The second-order valence-electron chi connectivity index (χ2n) is 3.30. The molecule has 0 saturated heterocycles. The van der Waals surface area contributed by atoms with Crippen LogP contribution in [0.25, 0.3) is 5.82 Å². The van der Waals surface area contributed by atoms with Crippen molar-refractivity contribution >= 4 is 17.6 Å². The fourth-order valence-corrected chi connectivity index (χ4v) is 1.61. The molecular weight excluding hydrogens is 261 g/mol. The van der Waals surface area contributed by atoms with Crippen LogP contribution >= 0.6 is 11.6 Å². The lowest BCUT2D eigenvalue weighted by molar-refractivity contribution is 0.0526. The molecule has 0 aliphatic heterocycles. The van der Waals surface area contributed by atoms with E-state index in [2.05, 4.69) is 10.1 Å². The maximum Gasteiger partial charge on any atom is 0.342 e. The molecule has 0 unspecified atom stereocenters. The lowest BCUT2D eigenvalue weighted by Gasteiger charge is -2.02. The number of nitrogens with zero attached hydrogens (tertiary/aromatic N) is 3. The van der Waals surface area contributed by atoms with Gasteiger partial charge in [0.15, 0.2) is 5.82 Å². The van der Waals surface area contributed by atoms with Crippen LogP contribution in [0, 0.1) is 5.95 Å². The highest BCUT2D eigenvalue weighted by Gasteiger charge is 2.18. The molecule has 94 valence electrons. The minimum Gasteiger partial charge on any atom is -0.462 e. The number of carbonyl (C=O) groups excluding carboxylic acids is 1. The highest BCUT2D eigenvalue weighted by molar-refractivity contribution is 6.32. The van der Waals surface area contributed by atoms with Crippen molar-refractivity contribution in [1.82, 2.24) is 14.8 Å². The Balaban J connectivity index is 2.39. The first-order chi connectivity index (χ1) is 8.63. The van der Waals surface area contributed by atoms with E-state index in [0.717, 1.165) is 4.68 Å². The Morgan fingerprint density at radius 1 is 1.56 bits per heavy atom. The molecule has 0 saturated carbocycles. The number of pyridine rings is 1. The van der Waals surface area contributed by atoms with Gasteiger partial charge in [-0.05, 0) is 19.1 Å². The summed E-state index contributed by atoms with van der Waals surface area (Å²) in [5.41, 5.74) is 0.115. The number of esters is 1. The zero-order valence-electron chi connectivity index (χ0n) is 9.43. The number of hydrogen-bond acceptors (Lipinski definition) is 4. The van der Waals surface area contributed by atoms with Gasteiger partial charge in [0, 0.05) is 0 Å². The van der Waals surface area contributed by atoms with Crippen molar-refractivity contribution in [2.24, 2.45) is 0 Å². The summed E-state index contributed by atoms with van der Waals surface area (Å²) < 4.78 is 19.0. The molecule has 0 spiro atoms. The largest absolute Gasteiger partial charge is 0.462 e. The molecule has 0 aliphatic carbocycles. The molecule has 5 nitrogen and oxygen atoms in total. The van der Waals surface area contributed by atoms with E-state index in [0.29, 0.717) is 0 Å². The van der Waals surface area contributed by atoms with Crippen LogP contribution in [0.3, 0.4) is 0 Å². The Bertz CT molecular complexity index is 585. The van der Waals surface area contributed by atoms with E-state index in [-0.39, 0.29) is 23.1 Å². The molecule has 7 heteroatoms. The Hall–Kier alpha value is -1.95. The van der Waals surface area contributed by atoms with Gasteiger partial charge >= 0.3 is 5.97 Å². The van der Waals surface area contributed by atoms with Gasteiger partial charge in [0.05, 0.1) is 12.8 Å². The second-order valence-corrected chi connectivity index (χ2v) is 3.66. The van der Waals surface area contributed by atoms with Gasteiger partial charge in [-0.2, -0.15) is 9.49 Å². The van der Waals surface area contributed by atoms with Crippen molar-refractivity contribution in [3.05, 3.63) is 41.1 Å². The molecule has 0 bridgehead atoms. The zero-order chi connectivity index (χ0) is 13.1. The van der Waals surface area contributed by atoms with E-state index in [1.54, 1.807) is 6.92 Å². The highest BCUT2D eigenvalue weighted by atomic mass is 35.5. The Morgan fingerprint density at radius 3 is 3.00 bits per heavy atom. The first kappa shape index (κ1) is 12.5. The maximum atomic E-state index is 13.0. The number of halogens is 2. The Morgan fingerprint density at radius 2 is 2.33 bits per heavy atom. The van der Waals surface area contributed by atoms with Gasteiger partial charge in [0.1, 0.15) is 10.7 Å². The van der Waals surface area contributed by atoms with Gasteiger partial charge in [0.2, 0.25) is 5.95 Å². The number of ether oxygens (including phenoxy) is 1. The first-order valence-corrected chi connectivity index (χ1v) is 5.55. The van der Waals surface area contributed by atoms with Crippen LogP contribution in [-0.4, -0.2) is 27.3 Å². The predicted molar refractivity (Wildman–Crippen MR) is 62.3 cm³/mol. The quantitative estimate of drug-likeness (QED) is 0.633. The molecule has 0 N–H and O–H groups in total. The SMILES string of the molecule is CCOC(=O)c1cnn(-c2cccc(F)n2)c1Cl. The van der Waals surface area contributed by atoms with E-state index in [1.807, 2.05) is 0 Å². The summed E-state index contributed by atoms with van der Waals surface area (Å²) >= 11 is 5.98. The van der Waals surface area contributed by atoms with Crippen LogP contribution in [0.5, 0.6) is 0 Å². The lowest BCUT2D eigenvalue weighted by atomic mass is 10.4. The maximum absolute atomic E-state index is 13.0. The molecule has 0 amide bonds. The number of aromatic nitrogens is 3. The summed E-state index contributed by atoms with van der Waals surface area (Å²) in [6, 6.07) is 4.20. The summed E-state index contributed by atoms with van der Waals surface area (Å²) in [4.78, 5) is 15.1. The zero-order valence-corrected chi connectivity index (χ0v) is 10.2. The minimum atomic E-state index is -0.656. The van der Waals surface area contributed by atoms with Crippen LogP contribution < -0.4 is 0 Å². The van der Waals surface area contributed by atoms with Crippen molar-refractivity contribution in [1.29, 1.82) is 0 Å². The van der Waals surface area contributed by atoms with Gasteiger partial charge in [-0.25, -0.2) is 14.5 Å². The monoisotopic (exact) mass is 269 g/mol. The Kier molecular flexibility index (Phi) is 3.57. The third kappa shape index (κ3) is 2.33. The molecule has 2 heterocycles. The van der Waals surface area contributed by atoms with Crippen molar-refractivity contribution in [3.63, 3.8) is 0 Å². The number of rotatable bonds is 3. The fourth-order valence-electron chi connectivity index (χ4n) is 1.35. The third-order valence-electron chi connectivity index (χ3n) is 2.12. The van der Waals surface area contributed by atoms with Gasteiger partial charge < -0.3 is 4.74 Å². The molecule has 0 fully saturated rings. The third-order valence-corrected chi connectivity index (χ3v) is 2.49. The average Bonchev–Trinajstić information content (AvgIpc) is 2.71. The van der Waals surface area contributed by atoms with Gasteiger partial charge in [-0.3, -0.25) is 0 Å². The molecular formula is C11H9ClFN3O2. The van der Waals surface area contributed by atoms with Crippen LogP contribution in [0.2, 0.25) is 5.15 Å². The summed E-state index contributed by atoms with van der Waals surface area (Å²) in [7, 11) is 0.